The highest BCUT2D eigenvalue weighted by Crippen LogP contribution is 2.34. The summed E-state index contributed by atoms with van der Waals surface area (Å²) >= 11 is 0. The minimum absolute atomic E-state index is 0.0351. The summed E-state index contributed by atoms with van der Waals surface area (Å²) in [5, 5.41) is 0. The van der Waals surface area contributed by atoms with Crippen molar-refractivity contribution in [3.63, 3.8) is 0 Å². The summed E-state index contributed by atoms with van der Waals surface area (Å²) < 4.78 is 34.2. The number of methoxy groups -OCH3 is 2. The maximum atomic E-state index is 13.1. The van der Waals surface area contributed by atoms with Gasteiger partial charge in [-0.25, -0.2) is 8.42 Å². The minimum Gasteiger partial charge on any atom is -0.493 e. The molecule has 1 aromatic rings. The van der Waals surface area contributed by atoms with E-state index in [4.69, 9.17) is 9.47 Å². The van der Waals surface area contributed by atoms with Crippen molar-refractivity contribution in [2.45, 2.75) is 18.9 Å². The maximum absolute atomic E-state index is 13.1. The first-order chi connectivity index (χ1) is 13.8. The Morgan fingerprint density at radius 3 is 2.62 bits per heavy atom. The molecule has 0 bridgehead atoms. The van der Waals surface area contributed by atoms with Gasteiger partial charge in [-0.2, -0.15) is 0 Å². The number of hydrogen-bond donors (Lipinski definition) is 0. The number of hydrogen-bond acceptors (Lipinski definition) is 6. The van der Waals surface area contributed by atoms with Crippen molar-refractivity contribution in [3.8, 4) is 11.5 Å². The fourth-order valence-electron chi connectivity index (χ4n) is 3.93. The standard InChI is InChI=1S/C20H26N2O6S/c1-4-8-21(16-7-9-29(25,26)13-16)20(24)14-10-19(23)22(12-14)15-5-6-17(27-2)18(11-15)28-3/h4-6,11,14,16H,1,7-10,12-13H2,2-3H3. The molecular weight excluding hydrogens is 396 g/mol. The van der Waals surface area contributed by atoms with E-state index in [9.17, 15) is 18.0 Å². The maximum Gasteiger partial charge on any atom is 0.228 e. The third kappa shape index (κ3) is 4.39. The summed E-state index contributed by atoms with van der Waals surface area (Å²) in [6, 6.07) is 4.80. The Kier molecular flexibility index (Phi) is 6.16. The van der Waals surface area contributed by atoms with E-state index in [-0.39, 0.29) is 48.9 Å². The molecule has 158 valence electrons. The van der Waals surface area contributed by atoms with Gasteiger partial charge in [-0.05, 0) is 18.6 Å². The van der Waals surface area contributed by atoms with Crippen molar-refractivity contribution < 1.29 is 27.5 Å². The monoisotopic (exact) mass is 422 g/mol. The lowest BCUT2D eigenvalue weighted by Gasteiger charge is -2.29. The van der Waals surface area contributed by atoms with E-state index in [1.54, 1.807) is 34.1 Å². The Balaban J connectivity index is 1.78. The highest BCUT2D eigenvalue weighted by Gasteiger charge is 2.41. The summed E-state index contributed by atoms with van der Waals surface area (Å²) in [6.45, 7) is 4.18. The van der Waals surface area contributed by atoms with E-state index in [2.05, 4.69) is 6.58 Å². The second kappa shape index (κ2) is 8.44. The number of carbonyl (C=O) groups is 2. The molecule has 0 saturated carbocycles. The van der Waals surface area contributed by atoms with Gasteiger partial charge in [-0.15, -0.1) is 6.58 Å². The highest BCUT2D eigenvalue weighted by atomic mass is 32.2. The van der Waals surface area contributed by atoms with E-state index in [1.807, 2.05) is 0 Å². The number of sulfone groups is 1. The second-order valence-corrected chi connectivity index (χ2v) is 9.51. The zero-order valence-electron chi connectivity index (χ0n) is 16.7. The molecule has 1 aromatic carbocycles. The number of benzene rings is 1. The fourth-order valence-corrected chi connectivity index (χ4v) is 5.66. The molecule has 2 atom stereocenters. The van der Waals surface area contributed by atoms with E-state index in [1.165, 1.54) is 14.2 Å². The largest absolute Gasteiger partial charge is 0.493 e. The molecule has 0 aromatic heterocycles. The molecule has 0 radical (unpaired) electrons. The Bertz CT molecular complexity index is 914. The van der Waals surface area contributed by atoms with Crippen LogP contribution in [0.1, 0.15) is 12.8 Å². The summed E-state index contributed by atoms with van der Waals surface area (Å²) in [5.41, 5.74) is 0.627. The van der Waals surface area contributed by atoms with Crippen LogP contribution in [-0.2, 0) is 19.4 Å². The van der Waals surface area contributed by atoms with Crippen LogP contribution in [0.3, 0.4) is 0 Å². The topological polar surface area (TPSA) is 93.2 Å². The third-order valence-corrected chi connectivity index (χ3v) is 7.16. The Labute approximate surface area is 171 Å². The Hall–Kier alpha value is -2.55. The van der Waals surface area contributed by atoms with Crippen LogP contribution in [0.25, 0.3) is 0 Å². The van der Waals surface area contributed by atoms with Gasteiger partial charge in [0.2, 0.25) is 11.8 Å². The Morgan fingerprint density at radius 2 is 2.03 bits per heavy atom. The van der Waals surface area contributed by atoms with Crippen molar-refractivity contribution in [1.29, 1.82) is 0 Å². The summed E-state index contributed by atoms with van der Waals surface area (Å²) in [4.78, 5) is 28.9. The number of ether oxygens (including phenoxy) is 2. The fraction of sp³-hybridized carbons (Fsp3) is 0.500. The molecule has 2 saturated heterocycles. The van der Waals surface area contributed by atoms with Crippen LogP contribution < -0.4 is 14.4 Å². The van der Waals surface area contributed by atoms with Crippen LogP contribution >= 0.6 is 0 Å². The van der Waals surface area contributed by atoms with E-state index >= 15 is 0 Å². The Morgan fingerprint density at radius 1 is 1.31 bits per heavy atom. The summed E-state index contributed by atoms with van der Waals surface area (Å²) in [7, 11) is -0.0772. The van der Waals surface area contributed by atoms with Gasteiger partial charge in [0.1, 0.15) is 0 Å². The van der Waals surface area contributed by atoms with Gasteiger partial charge in [-0.3, -0.25) is 9.59 Å². The van der Waals surface area contributed by atoms with E-state index in [0.717, 1.165) is 0 Å². The zero-order valence-corrected chi connectivity index (χ0v) is 17.5. The van der Waals surface area contributed by atoms with Gasteiger partial charge in [0.25, 0.3) is 0 Å². The van der Waals surface area contributed by atoms with Crippen molar-refractivity contribution >= 4 is 27.3 Å². The van der Waals surface area contributed by atoms with Gasteiger partial charge in [0, 0.05) is 37.3 Å². The first kappa shape index (κ1) is 21.2. The van der Waals surface area contributed by atoms with Gasteiger partial charge >= 0.3 is 0 Å². The quantitative estimate of drug-likeness (QED) is 0.614. The molecule has 3 rings (SSSR count). The number of amides is 2. The van der Waals surface area contributed by atoms with Crippen LogP contribution in [0.5, 0.6) is 11.5 Å². The molecule has 0 spiro atoms. The molecule has 9 heteroatoms. The first-order valence-electron chi connectivity index (χ1n) is 9.43. The molecule has 2 aliphatic heterocycles. The normalized spacial score (nSPS) is 23.1. The molecule has 8 nitrogen and oxygen atoms in total. The average Bonchev–Trinajstić information content (AvgIpc) is 3.27. The molecule has 2 heterocycles. The lowest BCUT2D eigenvalue weighted by atomic mass is 10.1. The van der Waals surface area contributed by atoms with Crippen LogP contribution in [0, 0.1) is 5.92 Å². The third-order valence-electron chi connectivity index (χ3n) is 5.41. The smallest absolute Gasteiger partial charge is 0.228 e. The number of carbonyl (C=O) groups excluding carboxylic acids is 2. The zero-order chi connectivity index (χ0) is 21.2. The van der Waals surface area contributed by atoms with Crippen molar-refractivity contribution in [1.82, 2.24) is 4.90 Å². The number of anilines is 1. The van der Waals surface area contributed by atoms with Gasteiger partial charge in [0.15, 0.2) is 21.3 Å². The van der Waals surface area contributed by atoms with Gasteiger partial charge in [-0.1, -0.05) is 6.08 Å². The minimum atomic E-state index is -3.13. The van der Waals surface area contributed by atoms with Gasteiger partial charge < -0.3 is 19.3 Å². The van der Waals surface area contributed by atoms with Crippen LogP contribution in [-0.4, -0.2) is 70.0 Å². The lowest BCUT2D eigenvalue weighted by molar-refractivity contribution is -0.137. The predicted molar refractivity (Wildman–Crippen MR) is 109 cm³/mol. The molecule has 2 aliphatic rings. The average molecular weight is 423 g/mol. The van der Waals surface area contributed by atoms with Gasteiger partial charge in [0.05, 0.1) is 31.6 Å². The lowest BCUT2D eigenvalue weighted by Crippen LogP contribution is -2.45. The first-order valence-corrected chi connectivity index (χ1v) is 11.3. The molecule has 0 N–H and O–H groups in total. The second-order valence-electron chi connectivity index (χ2n) is 7.28. The number of nitrogens with zero attached hydrogens (tertiary/aromatic N) is 2. The van der Waals surface area contributed by atoms with E-state index in [0.29, 0.717) is 23.6 Å². The summed E-state index contributed by atoms with van der Waals surface area (Å²) in [6.07, 6.45) is 2.09. The van der Waals surface area contributed by atoms with E-state index < -0.39 is 15.8 Å². The highest BCUT2D eigenvalue weighted by molar-refractivity contribution is 7.91. The molecule has 2 amide bonds. The van der Waals surface area contributed by atoms with Crippen LogP contribution in [0.4, 0.5) is 5.69 Å². The number of rotatable bonds is 7. The molecule has 2 unspecified atom stereocenters. The molecule has 2 fully saturated rings. The SMILES string of the molecule is C=CCN(C(=O)C1CC(=O)N(c2ccc(OC)c(OC)c2)C1)C1CCS(=O)(=O)C1. The van der Waals surface area contributed by atoms with Crippen LogP contribution in [0.2, 0.25) is 0 Å². The molecular formula is C20H26N2O6S. The molecule has 29 heavy (non-hydrogen) atoms. The van der Waals surface area contributed by atoms with Crippen molar-refractivity contribution in [2.24, 2.45) is 5.92 Å². The van der Waals surface area contributed by atoms with Crippen LogP contribution in [0.15, 0.2) is 30.9 Å². The molecule has 0 aliphatic carbocycles. The predicted octanol–water partition coefficient (Wildman–Crippen LogP) is 1.26. The summed E-state index contributed by atoms with van der Waals surface area (Å²) in [5.74, 6) is 0.203. The van der Waals surface area contributed by atoms with Crippen molar-refractivity contribution in [2.75, 3.05) is 43.7 Å². The van der Waals surface area contributed by atoms with Crippen molar-refractivity contribution in [3.05, 3.63) is 30.9 Å².